The van der Waals surface area contributed by atoms with Crippen LogP contribution in [-0.2, 0) is 15.1 Å². The minimum atomic E-state index is -0.203. The molecule has 2 saturated heterocycles. The first-order chi connectivity index (χ1) is 21.0. The van der Waals surface area contributed by atoms with Crippen molar-refractivity contribution in [2.45, 2.75) is 102 Å². The summed E-state index contributed by atoms with van der Waals surface area (Å²) in [5, 5.41) is 0.774. The van der Waals surface area contributed by atoms with Gasteiger partial charge in [-0.1, -0.05) is 25.5 Å². The van der Waals surface area contributed by atoms with Crippen LogP contribution in [0.2, 0.25) is 0 Å². The summed E-state index contributed by atoms with van der Waals surface area (Å²) < 4.78 is 18.9. The zero-order valence-electron chi connectivity index (χ0n) is 27.2. The van der Waals surface area contributed by atoms with E-state index in [2.05, 4.69) is 47.6 Å². The molecule has 1 aromatic heterocycles. The lowest BCUT2D eigenvalue weighted by molar-refractivity contribution is -0.165. The molecule has 2 unspecified atom stereocenters. The lowest BCUT2D eigenvalue weighted by atomic mass is 9.46. The summed E-state index contributed by atoms with van der Waals surface area (Å²) in [6.07, 6.45) is 22.4. The summed E-state index contributed by atoms with van der Waals surface area (Å²) in [5.74, 6) is 3.49. The molecule has 5 fully saturated rings. The Balaban J connectivity index is 0.977. The number of thioether (sulfide) groups is 1. The largest absolute Gasteiger partial charge is 0.472 e. The second-order valence-corrected chi connectivity index (χ2v) is 16.8. The summed E-state index contributed by atoms with van der Waals surface area (Å²) in [6, 6.07) is 2.22. The quantitative estimate of drug-likeness (QED) is 0.178. The monoisotopic (exact) mass is 610 g/mol. The molecule has 0 spiro atoms. The van der Waals surface area contributed by atoms with Crippen LogP contribution in [0.4, 0.5) is 0 Å². The lowest BCUT2D eigenvalue weighted by Gasteiger charge is -2.59. The van der Waals surface area contributed by atoms with Gasteiger partial charge in [0, 0.05) is 35.1 Å². The van der Waals surface area contributed by atoms with Gasteiger partial charge in [0.05, 0.1) is 32.3 Å². The molecule has 3 saturated carbocycles. The maximum atomic E-state index is 7.15. The molecule has 0 N–H and O–H groups in total. The first-order valence-corrected chi connectivity index (χ1v) is 19.1. The Kier molecular flexibility index (Phi) is 9.42. The Morgan fingerprint density at radius 2 is 1.63 bits per heavy atom. The second-order valence-electron chi connectivity index (χ2n) is 15.4. The van der Waals surface area contributed by atoms with Gasteiger partial charge in [0.2, 0.25) is 0 Å². The van der Waals surface area contributed by atoms with E-state index in [4.69, 9.17) is 13.9 Å². The van der Waals surface area contributed by atoms with Crippen molar-refractivity contribution < 1.29 is 13.9 Å². The molecule has 1 aromatic rings. The smallest absolute Gasteiger partial charge is 0.102 e. The van der Waals surface area contributed by atoms with Gasteiger partial charge in [0.15, 0.2) is 0 Å². The topological polar surface area (TPSA) is 38.1 Å². The standard InChI is InChI=1S/C37H58N2O3S/c1-35-13-9-31(43-26-25-40-23-20-38-16-3-4-17-38)27-29(35)7-8-32-33(35)10-14-36(2)34(32)11-15-37(36,30-12-22-41-28-30)42-24-21-39-18-5-6-19-39/h7,12,22,28,31-34H,3-6,8-11,13-21,23-27H2,1-2H3/t31?,32-,33-,34+,35+,36+,37?/m1/s1. The number of allylic oxidation sites excluding steroid dienone is 2. The molecule has 3 heterocycles. The summed E-state index contributed by atoms with van der Waals surface area (Å²) >= 11 is 2.19. The number of furan rings is 1. The van der Waals surface area contributed by atoms with Gasteiger partial charge < -0.3 is 23.7 Å². The fraction of sp³-hybridized carbons (Fsp3) is 0.838. The molecular formula is C37H58N2O3S. The maximum absolute atomic E-state index is 7.15. The molecule has 7 atom stereocenters. The van der Waals surface area contributed by atoms with Crippen molar-refractivity contribution in [3.8, 4) is 0 Å². The maximum Gasteiger partial charge on any atom is 0.102 e. The van der Waals surface area contributed by atoms with Crippen LogP contribution in [0, 0.1) is 28.6 Å². The highest BCUT2D eigenvalue weighted by Gasteiger charge is 2.65. The number of ether oxygens (including phenoxy) is 2. The summed E-state index contributed by atoms with van der Waals surface area (Å²) in [5.41, 5.74) is 3.47. The van der Waals surface area contributed by atoms with Crippen molar-refractivity contribution in [1.29, 1.82) is 0 Å². The number of likely N-dealkylation sites (tertiary alicyclic amines) is 2. The average Bonchev–Trinajstić information content (AvgIpc) is 3.83. The van der Waals surface area contributed by atoms with Crippen LogP contribution >= 0.6 is 11.8 Å². The first-order valence-electron chi connectivity index (χ1n) is 18.0. The molecule has 2 aliphatic heterocycles. The zero-order chi connectivity index (χ0) is 29.3. The van der Waals surface area contributed by atoms with Crippen LogP contribution in [0.25, 0.3) is 0 Å². The first kappa shape index (κ1) is 30.8. The summed E-state index contributed by atoms with van der Waals surface area (Å²) in [7, 11) is 0. The Labute approximate surface area is 265 Å². The van der Waals surface area contributed by atoms with Gasteiger partial charge in [-0.25, -0.2) is 0 Å². The van der Waals surface area contributed by atoms with E-state index in [0.29, 0.717) is 5.41 Å². The number of hydrogen-bond acceptors (Lipinski definition) is 6. The van der Waals surface area contributed by atoms with E-state index in [1.165, 1.54) is 102 Å². The van der Waals surface area contributed by atoms with Crippen molar-refractivity contribution in [3.63, 3.8) is 0 Å². The van der Waals surface area contributed by atoms with Crippen LogP contribution < -0.4 is 0 Å². The third kappa shape index (κ3) is 5.83. The van der Waals surface area contributed by atoms with Crippen molar-refractivity contribution in [2.24, 2.45) is 28.6 Å². The van der Waals surface area contributed by atoms with Gasteiger partial charge in [0.25, 0.3) is 0 Å². The van der Waals surface area contributed by atoms with Crippen LogP contribution in [0.5, 0.6) is 0 Å². The summed E-state index contributed by atoms with van der Waals surface area (Å²) in [4.78, 5) is 5.15. The molecule has 43 heavy (non-hydrogen) atoms. The molecule has 0 bridgehead atoms. The zero-order valence-corrected chi connectivity index (χ0v) is 28.0. The molecule has 7 rings (SSSR count). The minimum Gasteiger partial charge on any atom is -0.472 e. The van der Waals surface area contributed by atoms with Gasteiger partial charge in [-0.3, -0.25) is 0 Å². The second kappa shape index (κ2) is 13.1. The Hall–Kier alpha value is -0.790. The van der Waals surface area contributed by atoms with Gasteiger partial charge >= 0.3 is 0 Å². The predicted octanol–water partition coefficient (Wildman–Crippen LogP) is 7.76. The van der Waals surface area contributed by atoms with E-state index in [1.54, 1.807) is 5.57 Å². The third-order valence-corrected chi connectivity index (χ3v) is 14.7. The molecule has 6 heteroatoms. The van der Waals surface area contributed by atoms with E-state index in [0.717, 1.165) is 68.1 Å². The van der Waals surface area contributed by atoms with Crippen molar-refractivity contribution in [2.75, 3.05) is 64.8 Å². The van der Waals surface area contributed by atoms with Crippen molar-refractivity contribution >= 4 is 11.8 Å². The highest BCUT2D eigenvalue weighted by Crippen LogP contribution is 2.70. The molecule has 0 amide bonds. The summed E-state index contributed by atoms with van der Waals surface area (Å²) in [6.45, 7) is 15.1. The number of fused-ring (bicyclic) bond motifs is 5. The Morgan fingerprint density at radius 3 is 2.37 bits per heavy atom. The Bertz CT molecular complexity index is 1080. The molecule has 0 aromatic carbocycles. The van der Waals surface area contributed by atoms with E-state index < -0.39 is 0 Å². The Morgan fingerprint density at radius 1 is 0.884 bits per heavy atom. The number of nitrogens with zero attached hydrogens (tertiary/aromatic N) is 2. The number of rotatable bonds is 12. The molecule has 0 radical (unpaired) electrons. The lowest BCUT2D eigenvalue weighted by Crippen LogP contribution is -2.54. The average molecular weight is 611 g/mol. The van der Waals surface area contributed by atoms with E-state index >= 15 is 0 Å². The molecule has 6 aliphatic rings. The van der Waals surface area contributed by atoms with E-state index in [1.807, 2.05) is 12.5 Å². The molecular weight excluding hydrogens is 552 g/mol. The van der Waals surface area contributed by atoms with E-state index in [9.17, 15) is 0 Å². The fourth-order valence-corrected chi connectivity index (χ4v) is 12.1. The SMILES string of the molecule is C[C@]12CCC(SCCOCCN3CCCC3)CC1=CC[C@@H]1[C@H]2CC[C@@]2(C)[C@H]1CCC2(OCCN1CCCC1)c1ccoc1. The molecule has 240 valence electrons. The van der Waals surface area contributed by atoms with Gasteiger partial charge in [-0.15, -0.1) is 0 Å². The van der Waals surface area contributed by atoms with Crippen LogP contribution in [0.15, 0.2) is 34.7 Å². The normalized spacial score (nSPS) is 39.9. The fourth-order valence-electron chi connectivity index (χ4n) is 11.0. The van der Waals surface area contributed by atoms with Crippen LogP contribution in [-0.4, -0.2) is 79.9 Å². The third-order valence-electron chi connectivity index (χ3n) is 13.5. The highest BCUT2D eigenvalue weighted by molar-refractivity contribution is 7.99. The van der Waals surface area contributed by atoms with E-state index in [-0.39, 0.29) is 11.0 Å². The van der Waals surface area contributed by atoms with Gasteiger partial charge in [0.1, 0.15) is 5.60 Å². The van der Waals surface area contributed by atoms with Crippen LogP contribution in [0.3, 0.4) is 0 Å². The van der Waals surface area contributed by atoms with Gasteiger partial charge in [-0.05, 0) is 132 Å². The highest BCUT2D eigenvalue weighted by atomic mass is 32.2. The van der Waals surface area contributed by atoms with Crippen molar-refractivity contribution in [1.82, 2.24) is 9.80 Å². The van der Waals surface area contributed by atoms with Crippen molar-refractivity contribution in [3.05, 3.63) is 35.8 Å². The molecule has 5 nitrogen and oxygen atoms in total. The predicted molar refractivity (Wildman–Crippen MR) is 176 cm³/mol. The molecule has 4 aliphatic carbocycles. The van der Waals surface area contributed by atoms with Crippen LogP contribution in [0.1, 0.15) is 96.5 Å². The van der Waals surface area contributed by atoms with Gasteiger partial charge in [-0.2, -0.15) is 11.8 Å². The minimum absolute atomic E-state index is 0.173. The number of hydrogen-bond donors (Lipinski definition) is 0.